The van der Waals surface area contributed by atoms with Gasteiger partial charge < -0.3 is 15.8 Å². The van der Waals surface area contributed by atoms with Crippen molar-refractivity contribution >= 4 is 33.2 Å². The Kier molecular flexibility index (Phi) is 4.77. The van der Waals surface area contributed by atoms with E-state index in [1.165, 1.54) is 10.1 Å². The monoisotopic (exact) mass is 340 g/mol. The van der Waals surface area contributed by atoms with Crippen LogP contribution in [0.4, 0.5) is 0 Å². The number of carbonyl (C=O) groups is 2. The van der Waals surface area contributed by atoms with Gasteiger partial charge in [0.05, 0.1) is 6.54 Å². The van der Waals surface area contributed by atoms with Crippen molar-refractivity contribution in [1.29, 1.82) is 0 Å². The Balaban J connectivity index is 1.65. The number of hydrogen-bond acceptors (Lipinski definition) is 4. The van der Waals surface area contributed by atoms with Crippen molar-refractivity contribution in [3.05, 3.63) is 65.0 Å². The van der Waals surface area contributed by atoms with Crippen molar-refractivity contribution in [2.45, 2.75) is 6.61 Å². The average molecular weight is 340 g/mol. The number of nitrogens with one attached hydrogen (secondary N) is 1. The fraction of sp³-hybridized carbons (Fsp3) is 0.111. The summed E-state index contributed by atoms with van der Waals surface area (Å²) < 4.78 is 7.00. The predicted octanol–water partition coefficient (Wildman–Crippen LogP) is 2.70. The molecule has 24 heavy (non-hydrogen) atoms. The molecule has 2 amide bonds. The Bertz CT molecular complexity index is 856. The Morgan fingerprint density at radius 2 is 1.92 bits per heavy atom. The SMILES string of the molecule is NC(=O)CNC(=O)c1cccc(OCc2cc3ccccc3s2)c1. The van der Waals surface area contributed by atoms with Crippen LogP contribution < -0.4 is 15.8 Å². The highest BCUT2D eigenvalue weighted by atomic mass is 32.1. The van der Waals surface area contributed by atoms with E-state index in [9.17, 15) is 9.59 Å². The van der Waals surface area contributed by atoms with Gasteiger partial charge in [-0.05, 0) is 35.7 Å². The van der Waals surface area contributed by atoms with Gasteiger partial charge in [0.2, 0.25) is 5.91 Å². The Labute approximate surface area is 143 Å². The zero-order valence-corrected chi connectivity index (χ0v) is 13.6. The highest BCUT2D eigenvalue weighted by molar-refractivity contribution is 7.19. The van der Waals surface area contributed by atoms with Crippen molar-refractivity contribution in [2.24, 2.45) is 5.73 Å². The zero-order valence-electron chi connectivity index (χ0n) is 12.8. The Morgan fingerprint density at radius 3 is 2.71 bits per heavy atom. The third-order valence-corrected chi connectivity index (χ3v) is 4.47. The fourth-order valence-electron chi connectivity index (χ4n) is 2.26. The van der Waals surface area contributed by atoms with Crippen LogP contribution in [0, 0.1) is 0 Å². The lowest BCUT2D eigenvalue weighted by atomic mass is 10.2. The topological polar surface area (TPSA) is 81.4 Å². The van der Waals surface area contributed by atoms with Crippen LogP contribution in [0.25, 0.3) is 10.1 Å². The maximum Gasteiger partial charge on any atom is 0.251 e. The number of ether oxygens (including phenoxy) is 1. The van der Waals surface area contributed by atoms with Gasteiger partial charge in [-0.1, -0.05) is 24.3 Å². The minimum atomic E-state index is -0.583. The molecule has 3 rings (SSSR count). The zero-order chi connectivity index (χ0) is 16.9. The van der Waals surface area contributed by atoms with Crippen molar-refractivity contribution in [3.8, 4) is 5.75 Å². The summed E-state index contributed by atoms with van der Waals surface area (Å²) in [5.41, 5.74) is 5.44. The number of amides is 2. The quantitative estimate of drug-likeness (QED) is 0.724. The van der Waals surface area contributed by atoms with E-state index in [0.717, 1.165) is 4.88 Å². The minimum Gasteiger partial charge on any atom is -0.488 e. The predicted molar refractivity (Wildman–Crippen MR) is 94.1 cm³/mol. The molecule has 0 saturated carbocycles. The molecule has 0 bridgehead atoms. The standard InChI is InChI=1S/C18H16N2O3S/c19-17(21)10-20-18(22)13-5-3-6-14(8-13)23-11-15-9-12-4-1-2-7-16(12)24-15/h1-9H,10-11H2,(H2,19,21)(H,20,22). The molecule has 2 aromatic carbocycles. The second-order valence-corrected chi connectivity index (χ2v) is 6.38. The van der Waals surface area contributed by atoms with Crippen LogP contribution >= 0.6 is 11.3 Å². The fourth-order valence-corrected chi connectivity index (χ4v) is 3.24. The van der Waals surface area contributed by atoms with E-state index in [4.69, 9.17) is 10.5 Å². The second kappa shape index (κ2) is 7.14. The molecule has 6 heteroatoms. The molecule has 0 radical (unpaired) electrons. The molecular formula is C18H16N2O3S. The van der Waals surface area contributed by atoms with Gasteiger partial charge in [0.25, 0.3) is 5.91 Å². The number of rotatable bonds is 6. The molecule has 0 unspecified atom stereocenters. The lowest BCUT2D eigenvalue weighted by Crippen LogP contribution is -2.33. The molecule has 3 N–H and O–H groups in total. The van der Waals surface area contributed by atoms with E-state index < -0.39 is 5.91 Å². The molecule has 1 heterocycles. The molecule has 0 saturated heterocycles. The largest absolute Gasteiger partial charge is 0.488 e. The van der Waals surface area contributed by atoms with Gasteiger partial charge in [-0.25, -0.2) is 0 Å². The van der Waals surface area contributed by atoms with Crippen LogP contribution in [-0.4, -0.2) is 18.4 Å². The number of primary amides is 1. The average Bonchev–Trinajstić information content (AvgIpc) is 3.01. The van der Waals surface area contributed by atoms with Crippen LogP contribution in [0.2, 0.25) is 0 Å². The number of carbonyl (C=O) groups excluding carboxylic acids is 2. The molecule has 3 aromatic rings. The lowest BCUT2D eigenvalue weighted by Gasteiger charge is -2.07. The summed E-state index contributed by atoms with van der Waals surface area (Å²) in [7, 11) is 0. The number of nitrogens with two attached hydrogens (primary N) is 1. The number of hydrogen-bond donors (Lipinski definition) is 2. The number of fused-ring (bicyclic) bond motifs is 1. The summed E-state index contributed by atoms with van der Waals surface area (Å²) in [4.78, 5) is 23.8. The first kappa shape index (κ1) is 16.0. The normalized spacial score (nSPS) is 10.5. The number of thiophene rings is 1. The molecule has 0 aliphatic rings. The summed E-state index contributed by atoms with van der Waals surface area (Å²) in [6.45, 7) is 0.247. The van der Waals surface area contributed by atoms with Crippen LogP contribution in [-0.2, 0) is 11.4 Å². The molecular weight excluding hydrogens is 324 g/mol. The highest BCUT2D eigenvalue weighted by Gasteiger charge is 2.08. The van der Waals surface area contributed by atoms with Crippen LogP contribution in [0.1, 0.15) is 15.2 Å². The Hall–Kier alpha value is -2.86. The Morgan fingerprint density at radius 1 is 1.08 bits per heavy atom. The molecule has 0 fully saturated rings. The maximum atomic E-state index is 11.9. The van der Waals surface area contributed by atoms with Crippen molar-refractivity contribution in [1.82, 2.24) is 5.32 Å². The molecule has 1 aromatic heterocycles. The van der Waals surface area contributed by atoms with Crippen LogP contribution in [0.3, 0.4) is 0 Å². The van der Waals surface area contributed by atoms with Gasteiger partial charge in [0.15, 0.2) is 0 Å². The third-order valence-electron chi connectivity index (χ3n) is 3.38. The molecule has 0 aliphatic carbocycles. The lowest BCUT2D eigenvalue weighted by molar-refractivity contribution is -0.117. The summed E-state index contributed by atoms with van der Waals surface area (Å²) in [6.07, 6.45) is 0. The molecule has 0 aliphatic heterocycles. The first-order chi connectivity index (χ1) is 11.6. The van der Waals surface area contributed by atoms with Crippen molar-refractivity contribution < 1.29 is 14.3 Å². The minimum absolute atomic E-state index is 0.189. The summed E-state index contributed by atoms with van der Waals surface area (Å²) >= 11 is 1.68. The molecule has 0 atom stereocenters. The van der Waals surface area contributed by atoms with Gasteiger partial charge >= 0.3 is 0 Å². The maximum absolute atomic E-state index is 11.9. The smallest absolute Gasteiger partial charge is 0.251 e. The first-order valence-corrected chi connectivity index (χ1v) is 8.20. The van der Waals surface area contributed by atoms with Gasteiger partial charge in [0, 0.05) is 15.1 Å². The molecule has 122 valence electrons. The highest BCUT2D eigenvalue weighted by Crippen LogP contribution is 2.26. The van der Waals surface area contributed by atoms with Crippen molar-refractivity contribution in [2.75, 3.05) is 6.54 Å². The van der Waals surface area contributed by atoms with Crippen LogP contribution in [0.5, 0.6) is 5.75 Å². The van der Waals surface area contributed by atoms with Gasteiger partial charge in [-0.3, -0.25) is 9.59 Å². The third kappa shape index (κ3) is 3.91. The van der Waals surface area contributed by atoms with E-state index in [-0.39, 0.29) is 12.5 Å². The summed E-state index contributed by atoms with van der Waals surface area (Å²) in [6, 6.07) is 17.1. The van der Waals surface area contributed by atoms with Crippen LogP contribution in [0.15, 0.2) is 54.6 Å². The second-order valence-electron chi connectivity index (χ2n) is 5.22. The van der Waals surface area contributed by atoms with Gasteiger partial charge in [-0.15, -0.1) is 11.3 Å². The van der Waals surface area contributed by atoms with E-state index in [0.29, 0.717) is 17.9 Å². The van der Waals surface area contributed by atoms with Crippen molar-refractivity contribution in [3.63, 3.8) is 0 Å². The summed E-state index contributed by atoms with van der Waals surface area (Å²) in [5, 5.41) is 3.65. The van der Waals surface area contributed by atoms with E-state index in [2.05, 4.69) is 23.5 Å². The number of benzene rings is 2. The molecule has 0 spiro atoms. The van der Waals surface area contributed by atoms with E-state index in [1.54, 1.807) is 35.6 Å². The summed E-state index contributed by atoms with van der Waals surface area (Å²) in [5.74, 6) is -0.346. The van der Waals surface area contributed by atoms with E-state index >= 15 is 0 Å². The van der Waals surface area contributed by atoms with E-state index in [1.807, 2.05) is 12.1 Å². The first-order valence-electron chi connectivity index (χ1n) is 7.38. The van der Waals surface area contributed by atoms with Gasteiger partial charge in [0.1, 0.15) is 12.4 Å². The molecule has 5 nitrogen and oxygen atoms in total. The van der Waals surface area contributed by atoms with Gasteiger partial charge in [-0.2, -0.15) is 0 Å².